The largest absolute Gasteiger partial charge is 0.453 e. The number of halogens is 2. The third-order valence-electron chi connectivity index (χ3n) is 6.54. The smallest absolute Gasteiger partial charge is 0.411 e. The molecule has 2 aromatic carbocycles. The Labute approximate surface area is 261 Å². The van der Waals surface area contributed by atoms with Crippen molar-refractivity contribution in [3.8, 4) is 16.9 Å². The molecule has 1 aliphatic heterocycles. The lowest BCUT2D eigenvalue weighted by molar-refractivity contribution is -0.117. The lowest BCUT2D eigenvalue weighted by Crippen LogP contribution is -2.27. The number of hydrogen-bond donors (Lipinski definition) is 3. The summed E-state index contributed by atoms with van der Waals surface area (Å²) in [6.07, 6.45) is 8.59. The molecule has 3 N–H and O–H groups in total. The summed E-state index contributed by atoms with van der Waals surface area (Å²) in [6.45, 7) is 0. The number of benzene rings is 2. The number of carbonyl (C=O) groups is 3. The minimum absolute atomic E-state index is 0.120. The fourth-order valence-corrected chi connectivity index (χ4v) is 4.86. The maximum atomic E-state index is 13.3. The Hall–Kier alpha value is -5.14. The average Bonchev–Trinajstić information content (AvgIpc) is 3.54. The van der Waals surface area contributed by atoms with Crippen LogP contribution in [0.1, 0.15) is 36.4 Å². The van der Waals surface area contributed by atoms with Crippen LogP contribution in [-0.4, -0.2) is 55.4 Å². The molecule has 0 saturated carbocycles. The maximum absolute atomic E-state index is 13.3. The standard InChI is InChI=1S/C29H25Cl2N9O4/c1-44-29(43)33-19-9-10-20-23(14-19)35-26(41)6-4-2-3-5-22(21-15-25(31)36-37-28(20)21)34-27(42)12-7-17-13-18(30)8-11-24(17)40-16-32-38-39-40/h2-3,7-16,22H,4-6H2,1H3,(H,33,43)(H,34,42)(H,35,41)/b3-2+,12-7+. The summed E-state index contributed by atoms with van der Waals surface area (Å²) >= 11 is 12.5. The van der Waals surface area contributed by atoms with E-state index in [1.54, 1.807) is 48.5 Å². The molecule has 2 aromatic heterocycles. The Balaban J connectivity index is 1.51. The number of ether oxygens (including phenoxy) is 1. The van der Waals surface area contributed by atoms with Gasteiger partial charge in [0.2, 0.25) is 11.8 Å². The fourth-order valence-electron chi connectivity index (χ4n) is 4.52. The topological polar surface area (TPSA) is 166 Å². The normalized spacial score (nSPS) is 15.6. The molecular formula is C29H25Cl2N9O4. The van der Waals surface area contributed by atoms with Crippen molar-refractivity contribution in [2.45, 2.75) is 25.3 Å². The summed E-state index contributed by atoms with van der Waals surface area (Å²) in [5.74, 6) is -0.629. The van der Waals surface area contributed by atoms with Crippen LogP contribution >= 0.6 is 23.2 Å². The van der Waals surface area contributed by atoms with Crippen molar-refractivity contribution in [1.82, 2.24) is 35.7 Å². The molecule has 0 bridgehead atoms. The van der Waals surface area contributed by atoms with Gasteiger partial charge in [-0.25, -0.2) is 4.79 Å². The van der Waals surface area contributed by atoms with Crippen molar-refractivity contribution in [2.75, 3.05) is 17.7 Å². The van der Waals surface area contributed by atoms with Crippen molar-refractivity contribution in [3.63, 3.8) is 0 Å². The zero-order valence-electron chi connectivity index (χ0n) is 23.2. The molecule has 0 spiro atoms. The molecule has 0 saturated heterocycles. The van der Waals surface area contributed by atoms with Crippen molar-refractivity contribution in [1.29, 1.82) is 0 Å². The molecule has 13 nitrogen and oxygen atoms in total. The average molecular weight is 634 g/mol. The van der Waals surface area contributed by atoms with Crippen molar-refractivity contribution in [2.24, 2.45) is 0 Å². The Morgan fingerprint density at radius 3 is 2.77 bits per heavy atom. The van der Waals surface area contributed by atoms with Crippen molar-refractivity contribution in [3.05, 3.63) is 88.3 Å². The highest BCUT2D eigenvalue weighted by atomic mass is 35.5. The van der Waals surface area contributed by atoms with E-state index in [-0.39, 0.29) is 17.5 Å². The summed E-state index contributed by atoms with van der Waals surface area (Å²) in [4.78, 5) is 37.9. The highest BCUT2D eigenvalue weighted by Gasteiger charge is 2.23. The number of amides is 3. The molecule has 1 aliphatic rings. The van der Waals surface area contributed by atoms with Gasteiger partial charge < -0.3 is 15.4 Å². The Bertz CT molecular complexity index is 1760. The van der Waals surface area contributed by atoms with Gasteiger partial charge in [0.05, 0.1) is 24.5 Å². The summed E-state index contributed by atoms with van der Waals surface area (Å²) in [7, 11) is 1.25. The van der Waals surface area contributed by atoms with Crippen molar-refractivity contribution < 1.29 is 19.1 Å². The SMILES string of the molecule is COC(=O)Nc1ccc2c(c1)NC(=O)CC/C=C/CC(NC(=O)/C=C/c1cc(Cl)ccc1-n1cnnn1)c1cc(Cl)nnc1-2. The quantitative estimate of drug-likeness (QED) is 0.199. The van der Waals surface area contributed by atoms with Crippen LogP contribution in [0.15, 0.2) is 67.0 Å². The summed E-state index contributed by atoms with van der Waals surface area (Å²) < 4.78 is 6.15. The highest BCUT2D eigenvalue weighted by molar-refractivity contribution is 6.30. The molecule has 0 fully saturated rings. The molecule has 4 aromatic rings. The van der Waals surface area contributed by atoms with Gasteiger partial charge in [-0.05, 0) is 71.8 Å². The lowest BCUT2D eigenvalue weighted by atomic mass is 9.96. The minimum atomic E-state index is -0.666. The molecule has 224 valence electrons. The van der Waals surface area contributed by atoms with E-state index in [1.807, 2.05) is 12.2 Å². The highest BCUT2D eigenvalue weighted by Crippen LogP contribution is 2.36. The third kappa shape index (κ3) is 7.43. The van der Waals surface area contributed by atoms with Crippen LogP contribution in [0.2, 0.25) is 10.2 Å². The molecule has 1 unspecified atom stereocenters. The number of rotatable bonds is 5. The number of methoxy groups -OCH3 is 1. The van der Waals surface area contributed by atoms with Gasteiger partial charge in [0, 0.05) is 39.9 Å². The molecule has 15 heteroatoms. The summed E-state index contributed by atoms with van der Waals surface area (Å²) in [6, 6.07) is 11.1. The lowest BCUT2D eigenvalue weighted by Gasteiger charge is -2.22. The predicted octanol–water partition coefficient (Wildman–Crippen LogP) is 5.15. The van der Waals surface area contributed by atoms with E-state index in [0.717, 1.165) is 0 Å². The summed E-state index contributed by atoms with van der Waals surface area (Å²) in [5.41, 5.74) is 3.48. The van der Waals surface area contributed by atoms with Crippen LogP contribution in [0, 0.1) is 0 Å². The fraction of sp³-hybridized carbons (Fsp3) is 0.172. The number of anilines is 2. The predicted molar refractivity (Wildman–Crippen MR) is 164 cm³/mol. The van der Waals surface area contributed by atoms with Gasteiger partial charge >= 0.3 is 6.09 Å². The van der Waals surface area contributed by atoms with Crippen LogP contribution in [0.4, 0.5) is 16.2 Å². The van der Waals surface area contributed by atoms with E-state index in [0.29, 0.717) is 57.3 Å². The second-order valence-corrected chi connectivity index (χ2v) is 10.3. The maximum Gasteiger partial charge on any atom is 0.411 e. The Morgan fingerprint density at radius 1 is 1.11 bits per heavy atom. The van der Waals surface area contributed by atoms with Gasteiger partial charge in [-0.15, -0.1) is 15.3 Å². The second-order valence-electron chi connectivity index (χ2n) is 9.49. The Kier molecular flexibility index (Phi) is 9.57. The zero-order chi connectivity index (χ0) is 31.1. The van der Waals surface area contributed by atoms with Gasteiger partial charge in [0.1, 0.15) is 12.0 Å². The number of aromatic nitrogens is 6. The van der Waals surface area contributed by atoms with E-state index in [4.69, 9.17) is 23.2 Å². The summed E-state index contributed by atoms with van der Waals surface area (Å²) in [5, 5.41) is 28.7. The van der Waals surface area contributed by atoms with Crippen LogP contribution in [0.25, 0.3) is 23.0 Å². The molecule has 3 amide bonds. The van der Waals surface area contributed by atoms with Gasteiger partial charge in [0.25, 0.3) is 0 Å². The zero-order valence-corrected chi connectivity index (χ0v) is 24.7. The molecule has 1 atom stereocenters. The number of tetrazole rings is 1. The van der Waals surface area contributed by atoms with Crippen LogP contribution in [0.3, 0.4) is 0 Å². The van der Waals surface area contributed by atoms with Crippen LogP contribution in [0.5, 0.6) is 0 Å². The first-order valence-corrected chi connectivity index (χ1v) is 14.0. The molecule has 3 heterocycles. The second kappa shape index (κ2) is 13.9. The van der Waals surface area contributed by atoms with Crippen LogP contribution in [-0.2, 0) is 14.3 Å². The van der Waals surface area contributed by atoms with Gasteiger partial charge in [-0.3, -0.25) is 14.9 Å². The van der Waals surface area contributed by atoms with E-state index in [9.17, 15) is 14.4 Å². The molecule has 44 heavy (non-hydrogen) atoms. The van der Waals surface area contributed by atoms with Crippen LogP contribution < -0.4 is 16.0 Å². The molecular weight excluding hydrogens is 609 g/mol. The van der Waals surface area contributed by atoms with E-state index >= 15 is 0 Å². The number of fused-ring (bicyclic) bond motifs is 3. The minimum Gasteiger partial charge on any atom is -0.453 e. The van der Waals surface area contributed by atoms with Gasteiger partial charge in [0.15, 0.2) is 5.15 Å². The first-order valence-electron chi connectivity index (χ1n) is 13.3. The van der Waals surface area contributed by atoms with Crippen molar-refractivity contribution >= 4 is 58.6 Å². The van der Waals surface area contributed by atoms with E-state index < -0.39 is 18.0 Å². The first kappa shape index (κ1) is 30.3. The monoisotopic (exact) mass is 633 g/mol. The number of nitrogens with zero attached hydrogens (tertiary/aromatic N) is 6. The van der Waals surface area contributed by atoms with E-state index in [2.05, 4.69) is 46.4 Å². The number of carbonyl (C=O) groups excluding carboxylic acids is 3. The number of allylic oxidation sites excluding steroid dienone is 1. The Morgan fingerprint density at radius 2 is 1.98 bits per heavy atom. The van der Waals surface area contributed by atoms with Gasteiger partial charge in [-0.2, -0.15) is 4.68 Å². The first-order chi connectivity index (χ1) is 21.3. The van der Waals surface area contributed by atoms with Gasteiger partial charge in [-0.1, -0.05) is 35.4 Å². The third-order valence-corrected chi connectivity index (χ3v) is 6.96. The number of hydrogen-bond acceptors (Lipinski definition) is 9. The molecule has 0 radical (unpaired) electrons. The number of nitrogens with one attached hydrogen (secondary N) is 3. The molecule has 5 rings (SSSR count). The molecule has 0 aliphatic carbocycles. The van der Waals surface area contributed by atoms with E-state index in [1.165, 1.54) is 24.2 Å².